The number of rotatable bonds is 6. The molecular formula is C12H10Cl2F2O. The van der Waals surface area contributed by atoms with E-state index in [-0.39, 0.29) is 10.1 Å². The second-order valence-corrected chi connectivity index (χ2v) is 3.66. The Bertz CT molecular complexity index is 369. The fourth-order valence-electron chi connectivity index (χ4n) is 0.649. The van der Waals surface area contributed by atoms with E-state index < -0.39 is 11.7 Å². The Morgan fingerprint density at radius 3 is 1.53 bits per heavy atom. The van der Waals surface area contributed by atoms with Gasteiger partial charge in [-0.3, -0.25) is 0 Å². The van der Waals surface area contributed by atoms with E-state index in [9.17, 15) is 8.78 Å². The molecule has 0 amide bonds. The minimum absolute atomic E-state index is 0.0531. The van der Waals surface area contributed by atoms with Crippen LogP contribution in [0.3, 0.4) is 0 Å². The molecule has 1 nitrogen and oxygen atoms in total. The van der Waals surface area contributed by atoms with Crippen molar-refractivity contribution in [1.82, 2.24) is 0 Å². The first-order valence-corrected chi connectivity index (χ1v) is 5.09. The standard InChI is InChI=1S/C12H10Cl2F2O/c1-9(13)7-11(15)3-5-17-6-4-12(16)8-10(2)14/h3-8H,1-2H2. The molecule has 0 rings (SSSR count). The normalized spacial score (nSPS) is 13.4. The summed E-state index contributed by atoms with van der Waals surface area (Å²) in [7, 11) is 0. The molecular weight excluding hydrogens is 269 g/mol. The molecule has 0 saturated heterocycles. The van der Waals surface area contributed by atoms with E-state index in [1.165, 1.54) is 0 Å². The Balaban J connectivity index is 4.16. The molecule has 0 spiro atoms. The molecule has 0 aliphatic carbocycles. The average molecular weight is 279 g/mol. The summed E-state index contributed by atoms with van der Waals surface area (Å²) in [6.07, 6.45) is 6.04. The van der Waals surface area contributed by atoms with Gasteiger partial charge in [-0.05, 0) is 12.2 Å². The van der Waals surface area contributed by atoms with Crippen molar-refractivity contribution in [2.24, 2.45) is 0 Å². The molecule has 0 bridgehead atoms. The second kappa shape index (κ2) is 8.79. The van der Waals surface area contributed by atoms with Crippen molar-refractivity contribution >= 4 is 23.2 Å². The number of hydrogen-bond donors (Lipinski definition) is 0. The fourth-order valence-corrected chi connectivity index (χ4v) is 0.858. The van der Waals surface area contributed by atoms with Crippen LogP contribution in [0.25, 0.3) is 0 Å². The van der Waals surface area contributed by atoms with Crippen molar-refractivity contribution in [3.63, 3.8) is 0 Å². The number of halogens is 4. The predicted octanol–water partition coefficient (Wildman–Crippen LogP) is 5.24. The van der Waals surface area contributed by atoms with Crippen LogP contribution in [-0.4, -0.2) is 0 Å². The molecule has 0 aromatic heterocycles. The molecule has 0 aliphatic heterocycles. The zero-order valence-electron chi connectivity index (χ0n) is 8.80. The SMILES string of the molecule is C=C(Cl)C=C(F)C=COC=CC(F)=CC(=C)Cl. The lowest BCUT2D eigenvalue weighted by molar-refractivity contribution is 0.399. The van der Waals surface area contributed by atoms with Crippen LogP contribution in [0.5, 0.6) is 0 Å². The minimum Gasteiger partial charge on any atom is -0.472 e. The monoisotopic (exact) mass is 278 g/mol. The third-order valence-corrected chi connectivity index (χ3v) is 1.42. The first-order valence-electron chi connectivity index (χ1n) is 4.33. The van der Waals surface area contributed by atoms with Gasteiger partial charge in [-0.15, -0.1) is 0 Å². The van der Waals surface area contributed by atoms with Gasteiger partial charge in [0, 0.05) is 22.2 Å². The first kappa shape index (κ1) is 15.7. The van der Waals surface area contributed by atoms with Crippen molar-refractivity contribution in [2.45, 2.75) is 0 Å². The number of allylic oxidation sites excluding steroid dienone is 8. The lowest BCUT2D eigenvalue weighted by Crippen LogP contribution is -1.71. The van der Waals surface area contributed by atoms with Crippen LogP contribution >= 0.6 is 23.2 Å². The smallest absolute Gasteiger partial charge is 0.127 e. The van der Waals surface area contributed by atoms with Crippen LogP contribution < -0.4 is 0 Å². The Kier molecular flexibility index (Phi) is 8.11. The lowest BCUT2D eigenvalue weighted by Gasteiger charge is -1.90. The largest absolute Gasteiger partial charge is 0.472 e. The van der Waals surface area contributed by atoms with E-state index in [2.05, 4.69) is 17.9 Å². The Morgan fingerprint density at radius 1 is 0.882 bits per heavy atom. The molecule has 0 aliphatic rings. The maximum atomic E-state index is 12.8. The van der Waals surface area contributed by atoms with Gasteiger partial charge in [0.05, 0.1) is 12.5 Å². The highest BCUT2D eigenvalue weighted by atomic mass is 35.5. The van der Waals surface area contributed by atoms with Crippen LogP contribution in [0.15, 0.2) is 71.7 Å². The van der Waals surface area contributed by atoms with Gasteiger partial charge in [-0.25, -0.2) is 8.78 Å². The average Bonchev–Trinajstić information content (AvgIpc) is 2.14. The maximum Gasteiger partial charge on any atom is 0.127 e. The van der Waals surface area contributed by atoms with Gasteiger partial charge in [-0.2, -0.15) is 0 Å². The first-order chi connectivity index (χ1) is 7.91. The molecule has 0 saturated carbocycles. The van der Waals surface area contributed by atoms with E-state index in [1.807, 2.05) is 0 Å². The van der Waals surface area contributed by atoms with Gasteiger partial charge < -0.3 is 4.74 Å². The van der Waals surface area contributed by atoms with E-state index >= 15 is 0 Å². The van der Waals surface area contributed by atoms with Gasteiger partial charge in [0.2, 0.25) is 0 Å². The van der Waals surface area contributed by atoms with Crippen LogP contribution in [0.2, 0.25) is 0 Å². The molecule has 0 N–H and O–H groups in total. The summed E-state index contributed by atoms with van der Waals surface area (Å²) in [5.41, 5.74) is 0. The lowest BCUT2D eigenvalue weighted by atomic mass is 10.4. The van der Waals surface area contributed by atoms with Crippen molar-refractivity contribution in [3.8, 4) is 0 Å². The Hall–Kier alpha value is -1.32. The van der Waals surface area contributed by atoms with E-state index in [1.54, 1.807) is 0 Å². The number of ether oxygens (including phenoxy) is 1. The highest BCUT2D eigenvalue weighted by Gasteiger charge is 1.89. The molecule has 5 heteroatoms. The summed E-state index contributed by atoms with van der Waals surface area (Å²) in [4.78, 5) is 0. The molecule has 0 atom stereocenters. The van der Waals surface area contributed by atoms with Crippen LogP contribution in [0.1, 0.15) is 0 Å². The van der Waals surface area contributed by atoms with Gasteiger partial charge in [-0.1, -0.05) is 36.4 Å². The van der Waals surface area contributed by atoms with Gasteiger partial charge >= 0.3 is 0 Å². The highest BCUT2D eigenvalue weighted by Crippen LogP contribution is 2.08. The van der Waals surface area contributed by atoms with Gasteiger partial charge in [0.1, 0.15) is 11.7 Å². The molecule has 17 heavy (non-hydrogen) atoms. The van der Waals surface area contributed by atoms with E-state index in [4.69, 9.17) is 23.2 Å². The molecule has 0 aromatic carbocycles. The van der Waals surface area contributed by atoms with Crippen LogP contribution in [-0.2, 0) is 4.74 Å². The molecule has 0 radical (unpaired) electrons. The summed E-state index contributed by atoms with van der Waals surface area (Å²) < 4.78 is 30.3. The fraction of sp³-hybridized carbons (Fsp3) is 0. The third-order valence-electron chi connectivity index (χ3n) is 1.20. The van der Waals surface area contributed by atoms with Crippen molar-refractivity contribution in [3.05, 3.63) is 71.7 Å². The van der Waals surface area contributed by atoms with Crippen LogP contribution in [0.4, 0.5) is 8.78 Å². The quantitative estimate of drug-likeness (QED) is 0.477. The predicted molar refractivity (Wildman–Crippen MR) is 67.7 cm³/mol. The zero-order chi connectivity index (χ0) is 13.3. The molecule has 0 unspecified atom stereocenters. The maximum absolute atomic E-state index is 12.8. The van der Waals surface area contributed by atoms with E-state index in [0.29, 0.717) is 0 Å². The summed E-state index contributed by atoms with van der Waals surface area (Å²) in [5.74, 6) is -1.27. The van der Waals surface area contributed by atoms with Crippen molar-refractivity contribution in [2.75, 3.05) is 0 Å². The zero-order valence-corrected chi connectivity index (χ0v) is 10.3. The van der Waals surface area contributed by atoms with E-state index in [0.717, 1.165) is 36.8 Å². The summed E-state index contributed by atoms with van der Waals surface area (Å²) in [6, 6.07) is 0. The number of hydrogen-bond acceptors (Lipinski definition) is 1. The second-order valence-electron chi connectivity index (χ2n) is 2.69. The van der Waals surface area contributed by atoms with Crippen molar-refractivity contribution in [1.29, 1.82) is 0 Å². The summed E-state index contributed by atoms with van der Waals surface area (Å²) in [5, 5.41) is 0.106. The van der Waals surface area contributed by atoms with Crippen LogP contribution in [0, 0.1) is 0 Å². The van der Waals surface area contributed by atoms with Gasteiger partial charge in [0.15, 0.2) is 0 Å². The Labute approximate surface area is 109 Å². The van der Waals surface area contributed by atoms with Gasteiger partial charge in [0.25, 0.3) is 0 Å². The minimum atomic E-state index is -0.636. The Morgan fingerprint density at radius 2 is 1.24 bits per heavy atom. The highest BCUT2D eigenvalue weighted by molar-refractivity contribution is 6.31. The third kappa shape index (κ3) is 11.0. The summed E-state index contributed by atoms with van der Waals surface area (Å²) in [6.45, 7) is 6.55. The molecule has 0 heterocycles. The summed E-state index contributed by atoms with van der Waals surface area (Å²) >= 11 is 10.7. The molecule has 0 fully saturated rings. The molecule has 92 valence electrons. The topological polar surface area (TPSA) is 9.23 Å². The van der Waals surface area contributed by atoms with Crippen molar-refractivity contribution < 1.29 is 13.5 Å². The molecule has 0 aromatic rings.